The molecular formula is C14H19FN2O. The van der Waals surface area contributed by atoms with Gasteiger partial charge in [-0.2, -0.15) is 0 Å². The zero-order valence-electron chi connectivity index (χ0n) is 10.6. The lowest BCUT2D eigenvalue weighted by molar-refractivity contribution is 0.0924. The Bertz CT molecular complexity index is 410. The minimum Gasteiger partial charge on any atom is -0.351 e. The average molecular weight is 250 g/mol. The quantitative estimate of drug-likeness (QED) is 0.861. The van der Waals surface area contributed by atoms with Gasteiger partial charge in [-0.1, -0.05) is 6.92 Å². The fourth-order valence-electron chi connectivity index (χ4n) is 2.27. The van der Waals surface area contributed by atoms with Gasteiger partial charge in [0.2, 0.25) is 0 Å². The van der Waals surface area contributed by atoms with E-state index in [1.54, 1.807) is 0 Å². The van der Waals surface area contributed by atoms with Crippen LogP contribution in [0.5, 0.6) is 0 Å². The van der Waals surface area contributed by atoms with Gasteiger partial charge in [-0.3, -0.25) is 4.79 Å². The van der Waals surface area contributed by atoms with Crippen molar-refractivity contribution in [1.82, 2.24) is 10.6 Å². The van der Waals surface area contributed by atoms with E-state index in [9.17, 15) is 9.18 Å². The molecule has 2 rings (SSSR count). The summed E-state index contributed by atoms with van der Waals surface area (Å²) in [6, 6.07) is 5.62. The smallest absolute Gasteiger partial charge is 0.251 e. The highest BCUT2D eigenvalue weighted by atomic mass is 19.1. The molecule has 0 aromatic heterocycles. The molecule has 1 aromatic carbocycles. The van der Waals surface area contributed by atoms with Gasteiger partial charge < -0.3 is 10.6 Å². The molecule has 0 spiro atoms. The predicted molar refractivity (Wildman–Crippen MR) is 68.9 cm³/mol. The maximum absolute atomic E-state index is 12.7. The van der Waals surface area contributed by atoms with Crippen molar-refractivity contribution in [2.75, 3.05) is 19.6 Å². The van der Waals surface area contributed by atoms with Crippen LogP contribution in [0.4, 0.5) is 4.39 Å². The number of hydrogen-bond acceptors (Lipinski definition) is 2. The second kappa shape index (κ2) is 5.48. The van der Waals surface area contributed by atoms with Crippen molar-refractivity contribution in [2.24, 2.45) is 5.41 Å². The van der Waals surface area contributed by atoms with Gasteiger partial charge in [0.25, 0.3) is 5.91 Å². The molecular weight excluding hydrogens is 231 g/mol. The number of amides is 1. The largest absolute Gasteiger partial charge is 0.351 e. The second-order valence-corrected chi connectivity index (χ2v) is 5.28. The molecule has 3 nitrogen and oxygen atoms in total. The first kappa shape index (κ1) is 13.0. The van der Waals surface area contributed by atoms with E-state index in [0.29, 0.717) is 12.1 Å². The predicted octanol–water partition coefficient (Wildman–Crippen LogP) is 1.95. The summed E-state index contributed by atoms with van der Waals surface area (Å²) in [4.78, 5) is 11.9. The molecule has 18 heavy (non-hydrogen) atoms. The lowest BCUT2D eigenvalue weighted by Crippen LogP contribution is -2.45. The van der Waals surface area contributed by atoms with E-state index in [4.69, 9.17) is 0 Å². The monoisotopic (exact) mass is 250 g/mol. The molecule has 1 saturated heterocycles. The van der Waals surface area contributed by atoms with E-state index in [1.807, 2.05) is 0 Å². The molecule has 1 unspecified atom stereocenters. The standard InChI is InChI=1S/C14H19FN2O/c1-14(7-2-8-16-9-14)10-17-13(18)11-3-5-12(15)6-4-11/h3-6,16H,2,7-10H2,1H3,(H,17,18). The molecule has 0 saturated carbocycles. The fraction of sp³-hybridized carbons (Fsp3) is 0.500. The second-order valence-electron chi connectivity index (χ2n) is 5.28. The van der Waals surface area contributed by atoms with E-state index in [0.717, 1.165) is 25.9 Å². The zero-order chi connectivity index (χ0) is 13.0. The van der Waals surface area contributed by atoms with Gasteiger partial charge in [0.1, 0.15) is 5.82 Å². The highest BCUT2D eigenvalue weighted by Crippen LogP contribution is 2.24. The van der Waals surface area contributed by atoms with Gasteiger partial charge in [0, 0.05) is 18.7 Å². The Morgan fingerprint density at radius 2 is 2.17 bits per heavy atom. The number of nitrogens with one attached hydrogen (secondary N) is 2. The number of piperidine rings is 1. The molecule has 2 N–H and O–H groups in total. The Balaban J connectivity index is 1.89. The van der Waals surface area contributed by atoms with E-state index in [-0.39, 0.29) is 17.1 Å². The molecule has 4 heteroatoms. The molecule has 0 radical (unpaired) electrons. The molecule has 1 heterocycles. The minimum atomic E-state index is -0.324. The van der Waals surface area contributed by atoms with Gasteiger partial charge >= 0.3 is 0 Å². The number of hydrogen-bond donors (Lipinski definition) is 2. The molecule has 1 aliphatic heterocycles. The molecule has 0 aliphatic carbocycles. The van der Waals surface area contributed by atoms with Crippen LogP contribution < -0.4 is 10.6 Å². The first-order valence-electron chi connectivity index (χ1n) is 6.34. The van der Waals surface area contributed by atoms with Crippen LogP contribution in [0.2, 0.25) is 0 Å². The Kier molecular flexibility index (Phi) is 3.97. The van der Waals surface area contributed by atoms with Crippen molar-refractivity contribution in [3.63, 3.8) is 0 Å². The summed E-state index contributed by atoms with van der Waals surface area (Å²) in [6.45, 7) is 4.80. The fourth-order valence-corrected chi connectivity index (χ4v) is 2.27. The van der Waals surface area contributed by atoms with Crippen LogP contribution in [-0.4, -0.2) is 25.5 Å². The highest BCUT2D eigenvalue weighted by Gasteiger charge is 2.27. The molecule has 1 fully saturated rings. The van der Waals surface area contributed by atoms with Crippen molar-refractivity contribution in [3.8, 4) is 0 Å². The summed E-state index contributed by atoms with van der Waals surface area (Å²) in [7, 11) is 0. The number of halogens is 1. The van der Waals surface area contributed by atoms with Gasteiger partial charge in [0.05, 0.1) is 0 Å². The third kappa shape index (κ3) is 3.29. The maximum atomic E-state index is 12.7. The molecule has 1 aliphatic rings. The summed E-state index contributed by atoms with van der Waals surface area (Å²) in [5, 5.41) is 6.27. The van der Waals surface area contributed by atoms with Crippen molar-refractivity contribution in [2.45, 2.75) is 19.8 Å². The van der Waals surface area contributed by atoms with E-state index < -0.39 is 0 Å². The van der Waals surface area contributed by atoms with E-state index in [2.05, 4.69) is 17.6 Å². The normalized spacial score (nSPS) is 23.7. The minimum absolute atomic E-state index is 0.119. The van der Waals surface area contributed by atoms with Crippen LogP contribution in [0.25, 0.3) is 0 Å². The Hall–Kier alpha value is -1.42. The van der Waals surface area contributed by atoms with Gasteiger partial charge in [0.15, 0.2) is 0 Å². The summed E-state index contributed by atoms with van der Waals surface area (Å²) < 4.78 is 12.7. The summed E-state index contributed by atoms with van der Waals surface area (Å²) >= 11 is 0. The Labute approximate surface area is 107 Å². The Morgan fingerprint density at radius 1 is 1.44 bits per heavy atom. The van der Waals surface area contributed by atoms with Crippen LogP contribution >= 0.6 is 0 Å². The van der Waals surface area contributed by atoms with Crippen LogP contribution in [0.1, 0.15) is 30.1 Å². The number of carbonyl (C=O) groups excluding carboxylic acids is 1. The first-order chi connectivity index (χ1) is 8.59. The van der Waals surface area contributed by atoms with Crippen LogP contribution in [0.3, 0.4) is 0 Å². The van der Waals surface area contributed by atoms with Gasteiger partial charge in [-0.05, 0) is 49.1 Å². The van der Waals surface area contributed by atoms with E-state index in [1.165, 1.54) is 24.3 Å². The van der Waals surface area contributed by atoms with Crippen molar-refractivity contribution in [1.29, 1.82) is 0 Å². The molecule has 98 valence electrons. The van der Waals surface area contributed by atoms with Gasteiger partial charge in [-0.15, -0.1) is 0 Å². The highest BCUT2D eigenvalue weighted by molar-refractivity contribution is 5.94. The third-order valence-electron chi connectivity index (χ3n) is 3.47. The molecule has 1 amide bonds. The summed E-state index contributed by atoms with van der Waals surface area (Å²) in [5.74, 6) is -0.461. The molecule has 0 bridgehead atoms. The van der Waals surface area contributed by atoms with Crippen LogP contribution in [0.15, 0.2) is 24.3 Å². The number of carbonyl (C=O) groups is 1. The van der Waals surface area contributed by atoms with Crippen molar-refractivity contribution >= 4 is 5.91 Å². The lowest BCUT2D eigenvalue weighted by Gasteiger charge is -2.34. The topological polar surface area (TPSA) is 41.1 Å². The first-order valence-corrected chi connectivity index (χ1v) is 6.34. The summed E-state index contributed by atoms with van der Waals surface area (Å²) in [5.41, 5.74) is 0.622. The van der Waals surface area contributed by atoms with E-state index >= 15 is 0 Å². The van der Waals surface area contributed by atoms with Crippen molar-refractivity contribution in [3.05, 3.63) is 35.6 Å². The summed E-state index contributed by atoms with van der Waals surface area (Å²) in [6.07, 6.45) is 2.26. The molecule has 1 aromatic rings. The van der Waals surface area contributed by atoms with Crippen LogP contribution in [-0.2, 0) is 0 Å². The third-order valence-corrected chi connectivity index (χ3v) is 3.47. The van der Waals surface area contributed by atoms with Crippen molar-refractivity contribution < 1.29 is 9.18 Å². The number of rotatable bonds is 3. The maximum Gasteiger partial charge on any atom is 0.251 e. The van der Waals surface area contributed by atoms with Crippen LogP contribution in [0, 0.1) is 11.2 Å². The Morgan fingerprint density at radius 3 is 2.78 bits per heavy atom. The zero-order valence-corrected chi connectivity index (χ0v) is 10.6. The average Bonchev–Trinajstić information content (AvgIpc) is 2.38. The SMILES string of the molecule is CC1(CNC(=O)c2ccc(F)cc2)CCCNC1. The lowest BCUT2D eigenvalue weighted by atomic mass is 9.83. The van der Waals surface area contributed by atoms with Gasteiger partial charge in [-0.25, -0.2) is 4.39 Å². The number of benzene rings is 1. The molecule has 1 atom stereocenters.